The molecule has 0 atom stereocenters. The van der Waals surface area contributed by atoms with Crippen molar-refractivity contribution in [3.05, 3.63) is 151 Å². The van der Waals surface area contributed by atoms with Crippen LogP contribution in [0.15, 0.2) is 140 Å². The van der Waals surface area contributed by atoms with Crippen LogP contribution < -0.4 is 0 Å². The highest BCUT2D eigenvalue weighted by Gasteiger charge is 2.16. The van der Waals surface area contributed by atoms with Crippen molar-refractivity contribution < 1.29 is 0 Å². The molecule has 7 aromatic rings. The van der Waals surface area contributed by atoms with Crippen molar-refractivity contribution in [2.24, 2.45) is 0 Å². The Hall–Kier alpha value is -5.08. The van der Waals surface area contributed by atoms with Gasteiger partial charge < -0.3 is 9.13 Å². The minimum Gasteiger partial charge on any atom is -0.310 e. The minimum atomic E-state index is 1.14. The normalized spacial score (nSPS) is 11.7. The molecule has 2 aromatic heterocycles. The van der Waals surface area contributed by atoms with Crippen molar-refractivity contribution in [3.63, 3.8) is 0 Å². The number of nitrogens with zero attached hydrogens (tertiary/aromatic N) is 2. The molecule has 2 nitrogen and oxygen atoms in total. The van der Waals surface area contributed by atoms with E-state index in [0.29, 0.717) is 0 Å². The molecule has 0 aliphatic carbocycles. The van der Waals surface area contributed by atoms with Crippen LogP contribution in [0.4, 0.5) is 0 Å². The van der Waals surface area contributed by atoms with E-state index in [-0.39, 0.29) is 0 Å². The predicted molar refractivity (Wildman–Crippen MR) is 167 cm³/mol. The molecule has 5 aromatic carbocycles. The number of allylic oxidation sites excluding steroid dienone is 2. The molecule has 186 valence electrons. The zero-order chi connectivity index (χ0) is 26.3. The molecule has 2 heterocycles. The molecule has 0 aliphatic rings. The smallest absolute Gasteiger partial charge is 0.0541 e. The topological polar surface area (TPSA) is 9.86 Å². The van der Waals surface area contributed by atoms with Gasteiger partial charge in [-0.25, -0.2) is 0 Å². The number of aryl methyl sites for hydroxylation is 1. The van der Waals surface area contributed by atoms with Crippen molar-refractivity contribution in [2.75, 3.05) is 0 Å². The molecule has 0 saturated carbocycles. The second kappa shape index (κ2) is 9.34. The van der Waals surface area contributed by atoms with E-state index in [1.807, 2.05) is 12.2 Å². The molecule has 0 saturated heterocycles. The zero-order valence-corrected chi connectivity index (χ0v) is 21.9. The van der Waals surface area contributed by atoms with Crippen LogP contribution in [0.1, 0.15) is 11.3 Å². The van der Waals surface area contributed by atoms with Crippen LogP contribution in [-0.2, 0) is 0 Å². The van der Waals surface area contributed by atoms with Crippen molar-refractivity contribution in [1.29, 1.82) is 0 Å². The monoisotopic (exact) mass is 500 g/mol. The van der Waals surface area contributed by atoms with Crippen LogP contribution in [0.2, 0.25) is 0 Å². The van der Waals surface area contributed by atoms with E-state index < -0.39 is 0 Å². The molecule has 0 spiro atoms. The lowest BCUT2D eigenvalue weighted by molar-refractivity contribution is 1.10. The molecule has 0 unspecified atom stereocenters. The van der Waals surface area contributed by atoms with E-state index in [9.17, 15) is 0 Å². The minimum absolute atomic E-state index is 1.14. The maximum absolute atomic E-state index is 3.88. The number of hydrogen-bond acceptors (Lipinski definition) is 0. The number of rotatable bonds is 5. The highest BCUT2D eigenvalue weighted by atomic mass is 15.0. The Labute approximate surface area is 228 Å². The largest absolute Gasteiger partial charge is 0.310 e. The van der Waals surface area contributed by atoms with Crippen molar-refractivity contribution >= 4 is 38.8 Å². The third-order valence-electron chi connectivity index (χ3n) is 7.73. The fourth-order valence-electron chi connectivity index (χ4n) is 5.94. The van der Waals surface area contributed by atoms with Crippen LogP contribution in [0.5, 0.6) is 0 Å². The number of hydrogen-bond donors (Lipinski definition) is 0. The van der Waals surface area contributed by atoms with Gasteiger partial charge in [0.1, 0.15) is 0 Å². The van der Waals surface area contributed by atoms with Gasteiger partial charge in [-0.3, -0.25) is 0 Å². The van der Waals surface area contributed by atoms with Gasteiger partial charge in [0.2, 0.25) is 0 Å². The molecule has 0 aliphatic heterocycles. The Morgan fingerprint density at radius 3 is 1.74 bits per heavy atom. The van der Waals surface area contributed by atoms with Gasteiger partial charge in [-0.1, -0.05) is 104 Å². The third-order valence-corrected chi connectivity index (χ3v) is 7.73. The lowest BCUT2D eigenvalue weighted by Crippen LogP contribution is -1.99. The lowest BCUT2D eigenvalue weighted by atomic mass is 10.0. The molecule has 39 heavy (non-hydrogen) atoms. The maximum Gasteiger partial charge on any atom is 0.0541 e. The summed E-state index contributed by atoms with van der Waals surface area (Å²) in [6.07, 6.45) is 5.98. The van der Waals surface area contributed by atoms with Crippen LogP contribution in [0, 0.1) is 6.92 Å². The van der Waals surface area contributed by atoms with Gasteiger partial charge in [-0.2, -0.15) is 0 Å². The second-order valence-corrected chi connectivity index (χ2v) is 9.89. The molecule has 0 N–H and O–H groups in total. The summed E-state index contributed by atoms with van der Waals surface area (Å²) < 4.78 is 4.74. The van der Waals surface area contributed by atoms with Crippen molar-refractivity contribution in [1.82, 2.24) is 9.13 Å². The van der Waals surface area contributed by atoms with E-state index in [1.165, 1.54) is 60.8 Å². The first kappa shape index (κ1) is 23.1. The molecule has 0 amide bonds. The second-order valence-electron chi connectivity index (χ2n) is 9.89. The number of para-hydroxylation sites is 4. The Bertz CT molecular complexity index is 1980. The summed E-state index contributed by atoms with van der Waals surface area (Å²) in [4.78, 5) is 0. The fourth-order valence-corrected chi connectivity index (χ4v) is 5.94. The van der Waals surface area contributed by atoms with Gasteiger partial charge in [0, 0.05) is 33.1 Å². The standard InChI is InChI=1S/C37H28N2/c1-3-4-17-33-26(2)29-13-5-9-18-34(29)38(33)28-24-22-27(23-25-28)30-14-6-10-19-35(30)39-36-20-11-7-15-31(36)32-16-8-12-21-37(32)39/h3-25H,1H2,2H3/b17-4-. The highest BCUT2D eigenvalue weighted by Crippen LogP contribution is 2.37. The predicted octanol–water partition coefficient (Wildman–Crippen LogP) is 9.90. The average molecular weight is 501 g/mol. The number of fused-ring (bicyclic) bond motifs is 4. The van der Waals surface area contributed by atoms with E-state index in [1.54, 1.807) is 0 Å². The van der Waals surface area contributed by atoms with Gasteiger partial charge in [-0.05, 0) is 60.5 Å². The van der Waals surface area contributed by atoms with Crippen LogP contribution in [0.3, 0.4) is 0 Å². The molecule has 0 fully saturated rings. The van der Waals surface area contributed by atoms with E-state index >= 15 is 0 Å². The van der Waals surface area contributed by atoms with Crippen LogP contribution in [-0.4, -0.2) is 9.13 Å². The summed E-state index contributed by atoms with van der Waals surface area (Å²) in [5.74, 6) is 0. The van der Waals surface area contributed by atoms with Gasteiger partial charge in [0.15, 0.2) is 0 Å². The molecule has 2 heteroatoms. The Balaban J connectivity index is 1.40. The van der Waals surface area contributed by atoms with Gasteiger partial charge in [0.05, 0.1) is 22.2 Å². The quantitative estimate of drug-likeness (QED) is 0.208. The molecule has 0 bridgehead atoms. The van der Waals surface area contributed by atoms with E-state index in [2.05, 4.69) is 150 Å². The average Bonchev–Trinajstić information content (AvgIpc) is 3.48. The van der Waals surface area contributed by atoms with Crippen LogP contribution >= 0.6 is 0 Å². The third kappa shape index (κ3) is 3.65. The molecular weight excluding hydrogens is 472 g/mol. The number of benzene rings is 5. The lowest BCUT2D eigenvalue weighted by Gasteiger charge is -2.15. The van der Waals surface area contributed by atoms with Gasteiger partial charge in [0.25, 0.3) is 0 Å². The Morgan fingerprint density at radius 2 is 1.10 bits per heavy atom. The zero-order valence-electron chi connectivity index (χ0n) is 21.9. The van der Waals surface area contributed by atoms with Crippen LogP contribution in [0.25, 0.3) is 61.3 Å². The summed E-state index contributed by atoms with van der Waals surface area (Å²) in [5.41, 5.74) is 10.8. The first-order chi connectivity index (χ1) is 19.3. The number of aromatic nitrogens is 2. The first-order valence-corrected chi connectivity index (χ1v) is 13.3. The fraction of sp³-hybridized carbons (Fsp3) is 0.0270. The van der Waals surface area contributed by atoms with Gasteiger partial charge in [-0.15, -0.1) is 0 Å². The molecular formula is C37H28N2. The first-order valence-electron chi connectivity index (χ1n) is 13.3. The van der Waals surface area contributed by atoms with E-state index in [0.717, 1.165) is 5.69 Å². The highest BCUT2D eigenvalue weighted by molar-refractivity contribution is 6.09. The van der Waals surface area contributed by atoms with E-state index in [4.69, 9.17) is 0 Å². The van der Waals surface area contributed by atoms with Gasteiger partial charge >= 0.3 is 0 Å². The van der Waals surface area contributed by atoms with Crippen molar-refractivity contribution in [2.45, 2.75) is 6.92 Å². The summed E-state index contributed by atoms with van der Waals surface area (Å²) in [7, 11) is 0. The SMILES string of the molecule is C=C/C=C\c1c(C)c2ccccc2n1-c1ccc(-c2ccccc2-n2c3ccccc3c3ccccc32)cc1. The maximum atomic E-state index is 3.88. The summed E-state index contributed by atoms with van der Waals surface area (Å²) in [6.45, 7) is 6.07. The Morgan fingerprint density at radius 1 is 0.564 bits per heavy atom. The summed E-state index contributed by atoms with van der Waals surface area (Å²) >= 11 is 0. The summed E-state index contributed by atoms with van der Waals surface area (Å²) in [6, 6.07) is 43.6. The Kier molecular flexibility index (Phi) is 5.53. The molecule has 0 radical (unpaired) electrons. The van der Waals surface area contributed by atoms with Crippen molar-refractivity contribution in [3.8, 4) is 22.5 Å². The molecule has 7 rings (SSSR count). The summed E-state index contributed by atoms with van der Waals surface area (Å²) in [5, 5.41) is 3.81.